The van der Waals surface area contributed by atoms with E-state index in [9.17, 15) is 13.6 Å². The maximum atomic E-state index is 13.5. The van der Waals surface area contributed by atoms with E-state index in [0.29, 0.717) is 30.3 Å². The number of carbonyl (C=O) groups excluding carboxylic acids is 1. The Balaban J connectivity index is 1.53. The number of hydrogen-bond donors (Lipinski definition) is 2. The van der Waals surface area contributed by atoms with E-state index in [0.717, 1.165) is 37.2 Å². The number of nitrogens with zero attached hydrogens (tertiary/aromatic N) is 6. The second-order valence-corrected chi connectivity index (χ2v) is 11.6. The van der Waals surface area contributed by atoms with E-state index in [-0.39, 0.29) is 34.5 Å². The highest BCUT2D eigenvalue weighted by atomic mass is 19.3. The van der Waals surface area contributed by atoms with Gasteiger partial charge in [0.1, 0.15) is 5.56 Å². The minimum atomic E-state index is -3.07. The Kier molecular flexibility index (Phi) is 8.54. The molecule has 43 heavy (non-hydrogen) atoms. The number of rotatable bonds is 11. The van der Waals surface area contributed by atoms with Crippen LogP contribution in [0.15, 0.2) is 36.7 Å². The van der Waals surface area contributed by atoms with Gasteiger partial charge in [0, 0.05) is 50.6 Å². The zero-order chi connectivity index (χ0) is 30.9. The van der Waals surface area contributed by atoms with Crippen LogP contribution in [0.25, 0.3) is 0 Å². The van der Waals surface area contributed by atoms with Gasteiger partial charge < -0.3 is 35.2 Å². The Morgan fingerprint density at radius 1 is 1.19 bits per heavy atom. The van der Waals surface area contributed by atoms with Crippen LogP contribution < -0.4 is 25.6 Å². The van der Waals surface area contributed by atoms with E-state index in [4.69, 9.17) is 25.2 Å². The van der Waals surface area contributed by atoms with Crippen LogP contribution in [0.5, 0.6) is 5.75 Å². The van der Waals surface area contributed by atoms with Crippen LogP contribution in [0, 0.1) is 0 Å². The Morgan fingerprint density at radius 2 is 1.95 bits per heavy atom. The van der Waals surface area contributed by atoms with Gasteiger partial charge in [-0.05, 0) is 59.0 Å². The lowest BCUT2D eigenvalue weighted by molar-refractivity contribution is -0.0493. The summed E-state index contributed by atoms with van der Waals surface area (Å²) in [7, 11) is 5.72. The Labute approximate surface area is 250 Å². The molecule has 2 aromatic heterocycles. The average Bonchev–Trinajstić information content (AvgIpc) is 3.28. The molecule has 2 aliphatic rings. The van der Waals surface area contributed by atoms with Crippen molar-refractivity contribution < 1.29 is 23.0 Å². The molecule has 13 heteroatoms. The van der Waals surface area contributed by atoms with Crippen molar-refractivity contribution in [1.82, 2.24) is 19.9 Å². The summed E-state index contributed by atoms with van der Waals surface area (Å²) >= 11 is 0. The van der Waals surface area contributed by atoms with Crippen LogP contribution in [0.2, 0.25) is 0 Å². The number of hydrogen-bond acceptors (Lipinski definition) is 11. The summed E-state index contributed by atoms with van der Waals surface area (Å²) in [6, 6.07) is 6.80. The van der Waals surface area contributed by atoms with Gasteiger partial charge in [-0.15, -0.1) is 0 Å². The molecule has 0 bridgehead atoms. The number of nitrogen functional groups attached to an aromatic ring is 1. The number of aromatic nitrogens is 3. The second kappa shape index (κ2) is 12.2. The fourth-order valence-electron chi connectivity index (χ4n) is 5.53. The Hall–Kier alpha value is -4.26. The van der Waals surface area contributed by atoms with Crippen molar-refractivity contribution in [2.24, 2.45) is 0 Å². The SMILES string of the molecule is CC(C)OC(=O)c1cnc(Nc2cc(N)c(N(C)CCN(C)C)cc2OC(F)F)nc1N1CC2(CCC2)c2ncccc21. The highest BCUT2D eigenvalue weighted by Gasteiger charge is 2.49. The molecule has 0 amide bonds. The van der Waals surface area contributed by atoms with Gasteiger partial charge in [0.05, 0.1) is 34.5 Å². The molecule has 11 nitrogen and oxygen atoms in total. The quantitative estimate of drug-likeness (QED) is 0.231. The third-order valence-electron chi connectivity index (χ3n) is 7.82. The predicted octanol–water partition coefficient (Wildman–Crippen LogP) is 4.94. The summed E-state index contributed by atoms with van der Waals surface area (Å²) in [6.45, 7) is 2.41. The molecule has 1 fully saturated rings. The number of nitrogens with one attached hydrogen (secondary N) is 1. The summed E-state index contributed by atoms with van der Waals surface area (Å²) in [4.78, 5) is 32.8. The number of likely N-dealkylation sites (N-methyl/N-ethyl adjacent to an activating group) is 2. The summed E-state index contributed by atoms with van der Waals surface area (Å²) in [5.41, 5.74) is 9.34. The average molecular weight is 597 g/mol. The topological polar surface area (TPSA) is 122 Å². The number of benzene rings is 1. The lowest BCUT2D eigenvalue weighted by atomic mass is 9.67. The standard InChI is InChI=1S/C30H38F2N8O3/c1-18(2)42-27(41)19-16-35-29(37-26(19)40-17-30(9-7-10-30)25-22(40)8-6-11-34-25)36-21-14-20(33)23(15-24(21)43-28(31)32)39(5)13-12-38(3)4/h6,8,11,14-16,18,28H,7,9-10,12-13,17,33H2,1-5H3,(H,35,36,37). The number of esters is 1. The first kappa shape index (κ1) is 30.2. The highest BCUT2D eigenvalue weighted by Crippen LogP contribution is 2.53. The number of ether oxygens (including phenoxy) is 2. The van der Waals surface area contributed by atoms with Gasteiger partial charge in [-0.3, -0.25) is 4.98 Å². The minimum Gasteiger partial charge on any atom is -0.459 e. The van der Waals surface area contributed by atoms with Crippen molar-refractivity contribution in [3.05, 3.63) is 47.9 Å². The van der Waals surface area contributed by atoms with Crippen molar-refractivity contribution >= 4 is 40.5 Å². The molecule has 3 heterocycles. The van der Waals surface area contributed by atoms with Gasteiger partial charge in [0.15, 0.2) is 11.6 Å². The summed E-state index contributed by atoms with van der Waals surface area (Å²) < 4.78 is 37.4. The molecule has 0 radical (unpaired) electrons. The first-order valence-electron chi connectivity index (χ1n) is 14.3. The molecule has 3 N–H and O–H groups in total. The molecule has 1 saturated carbocycles. The van der Waals surface area contributed by atoms with Crippen molar-refractivity contribution in [2.75, 3.05) is 61.6 Å². The maximum Gasteiger partial charge on any atom is 0.387 e. The molecule has 0 unspecified atom stereocenters. The fourth-order valence-corrected chi connectivity index (χ4v) is 5.53. The van der Waals surface area contributed by atoms with Crippen LogP contribution >= 0.6 is 0 Å². The first-order valence-corrected chi connectivity index (χ1v) is 14.3. The van der Waals surface area contributed by atoms with Crippen molar-refractivity contribution in [1.29, 1.82) is 0 Å². The largest absolute Gasteiger partial charge is 0.459 e. The third-order valence-corrected chi connectivity index (χ3v) is 7.82. The summed E-state index contributed by atoms with van der Waals surface area (Å²) in [5, 5.41) is 3.00. The first-order chi connectivity index (χ1) is 20.5. The van der Waals surface area contributed by atoms with E-state index in [1.165, 1.54) is 18.3 Å². The van der Waals surface area contributed by atoms with Crippen LogP contribution in [-0.4, -0.2) is 79.3 Å². The number of fused-ring (bicyclic) bond motifs is 2. The van der Waals surface area contributed by atoms with E-state index < -0.39 is 12.6 Å². The van der Waals surface area contributed by atoms with Crippen LogP contribution in [0.3, 0.4) is 0 Å². The number of alkyl halides is 2. The predicted molar refractivity (Wildman–Crippen MR) is 162 cm³/mol. The molecule has 1 aliphatic carbocycles. The van der Waals surface area contributed by atoms with E-state index in [2.05, 4.69) is 10.3 Å². The third kappa shape index (κ3) is 6.26. The van der Waals surface area contributed by atoms with E-state index in [1.807, 2.05) is 48.0 Å². The number of halogens is 2. The minimum absolute atomic E-state index is 0.0725. The van der Waals surface area contributed by atoms with Crippen molar-refractivity contribution in [3.8, 4) is 5.75 Å². The Bertz CT molecular complexity index is 1480. The zero-order valence-electron chi connectivity index (χ0n) is 25.1. The molecule has 5 rings (SSSR count). The lowest BCUT2D eigenvalue weighted by Gasteiger charge is -2.38. The number of carbonyl (C=O) groups is 1. The number of nitrogens with two attached hydrogens (primary N) is 1. The lowest BCUT2D eigenvalue weighted by Crippen LogP contribution is -2.39. The molecular weight excluding hydrogens is 558 g/mol. The van der Waals surface area contributed by atoms with Crippen molar-refractivity contribution in [2.45, 2.75) is 51.2 Å². The van der Waals surface area contributed by atoms with E-state index in [1.54, 1.807) is 20.0 Å². The molecule has 230 valence electrons. The highest BCUT2D eigenvalue weighted by molar-refractivity contribution is 5.96. The fraction of sp³-hybridized carbons (Fsp3) is 0.467. The molecule has 1 spiro atoms. The van der Waals surface area contributed by atoms with E-state index >= 15 is 0 Å². The number of anilines is 6. The molecule has 1 aromatic carbocycles. The van der Waals surface area contributed by atoms with Gasteiger partial charge in [0.25, 0.3) is 0 Å². The smallest absolute Gasteiger partial charge is 0.387 e. The Morgan fingerprint density at radius 3 is 2.60 bits per heavy atom. The molecule has 0 saturated heterocycles. The molecule has 3 aromatic rings. The molecular formula is C30H38F2N8O3. The van der Waals surface area contributed by atoms with Crippen molar-refractivity contribution in [3.63, 3.8) is 0 Å². The summed E-state index contributed by atoms with van der Waals surface area (Å²) in [6.07, 6.45) is 5.88. The van der Waals surface area contributed by atoms with Crippen LogP contribution in [0.1, 0.15) is 49.2 Å². The number of pyridine rings is 1. The van der Waals surface area contributed by atoms with Gasteiger partial charge in [0.2, 0.25) is 5.95 Å². The second-order valence-electron chi connectivity index (χ2n) is 11.6. The van der Waals surface area contributed by atoms with Crippen LogP contribution in [0.4, 0.5) is 43.3 Å². The van der Waals surface area contributed by atoms with Gasteiger partial charge in [-0.25, -0.2) is 9.78 Å². The molecule has 1 aliphatic heterocycles. The molecule has 0 atom stereocenters. The summed E-state index contributed by atoms with van der Waals surface area (Å²) in [5.74, 6) is -0.269. The van der Waals surface area contributed by atoms with Gasteiger partial charge in [-0.1, -0.05) is 6.42 Å². The zero-order valence-corrected chi connectivity index (χ0v) is 25.1. The maximum absolute atomic E-state index is 13.5. The monoisotopic (exact) mass is 596 g/mol. The van der Waals surface area contributed by atoms with Crippen LogP contribution in [-0.2, 0) is 10.2 Å². The van der Waals surface area contributed by atoms with Gasteiger partial charge >= 0.3 is 12.6 Å². The normalized spacial score (nSPS) is 15.2. The van der Waals surface area contributed by atoms with Gasteiger partial charge in [-0.2, -0.15) is 13.8 Å².